The third-order valence-electron chi connectivity index (χ3n) is 7.55. The van der Waals surface area contributed by atoms with Crippen LogP contribution in [-0.2, 0) is 0 Å². The number of benzene rings is 2. The lowest BCUT2D eigenvalue weighted by Gasteiger charge is -2.18. The Hall–Kier alpha value is -2.10. The van der Waals surface area contributed by atoms with Crippen molar-refractivity contribution in [3.8, 4) is 0 Å². The number of nitrogens with zero attached hydrogens (tertiary/aromatic N) is 4. The molecule has 4 N–H and O–H groups in total. The Morgan fingerprint density at radius 3 is 1.22 bits per heavy atom. The van der Waals surface area contributed by atoms with E-state index in [1.165, 1.54) is 21.9 Å². The monoisotopic (exact) mass is 704 g/mol. The fourth-order valence-corrected chi connectivity index (χ4v) is 5.00. The lowest BCUT2D eigenvalue weighted by atomic mass is 10.1. The SMILES string of the molecule is CCN(CC)CCCNc1cc(C)c2ccccc2n1.CCN(CC)CCCNc1cc(C)c2ccccc2n1.Cl.Cl.Cl.Cl.O. The molecule has 11 heteroatoms. The number of para-hydroxylation sites is 2. The van der Waals surface area contributed by atoms with Crippen LogP contribution in [0.1, 0.15) is 51.7 Å². The van der Waals surface area contributed by atoms with Gasteiger partial charge in [-0.05, 0) is 101 Å². The van der Waals surface area contributed by atoms with Gasteiger partial charge in [-0.1, -0.05) is 64.1 Å². The second-order valence-electron chi connectivity index (χ2n) is 10.3. The molecule has 0 saturated carbocycles. The van der Waals surface area contributed by atoms with Crippen molar-refractivity contribution in [2.75, 3.05) is 63.0 Å². The van der Waals surface area contributed by atoms with Gasteiger partial charge in [0, 0.05) is 23.9 Å². The third-order valence-corrected chi connectivity index (χ3v) is 7.55. The van der Waals surface area contributed by atoms with Crippen molar-refractivity contribution in [2.45, 2.75) is 54.4 Å². The number of fused-ring (bicyclic) bond motifs is 2. The molecular weight excluding hydrogens is 650 g/mol. The van der Waals surface area contributed by atoms with Crippen molar-refractivity contribution in [1.82, 2.24) is 19.8 Å². The Bertz CT molecular complexity index is 1220. The summed E-state index contributed by atoms with van der Waals surface area (Å²) < 4.78 is 0. The van der Waals surface area contributed by atoms with Gasteiger partial charge >= 0.3 is 0 Å². The highest BCUT2D eigenvalue weighted by atomic mass is 35.5. The number of anilines is 2. The van der Waals surface area contributed by atoms with E-state index < -0.39 is 0 Å². The zero-order valence-corrected chi connectivity index (χ0v) is 31.0. The van der Waals surface area contributed by atoms with Gasteiger partial charge in [-0.3, -0.25) is 0 Å². The predicted octanol–water partition coefficient (Wildman–Crippen LogP) is 8.24. The number of hydrogen-bond acceptors (Lipinski definition) is 6. The molecular formula is C34H56Cl4N6O. The van der Waals surface area contributed by atoms with Crippen LogP contribution >= 0.6 is 49.6 Å². The number of hydrogen-bond donors (Lipinski definition) is 2. The molecule has 0 aliphatic carbocycles. The van der Waals surface area contributed by atoms with E-state index in [4.69, 9.17) is 0 Å². The molecule has 0 saturated heterocycles. The fourth-order valence-electron chi connectivity index (χ4n) is 5.00. The van der Waals surface area contributed by atoms with Crippen molar-refractivity contribution < 1.29 is 5.48 Å². The largest absolute Gasteiger partial charge is 0.412 e. The number of pyridine rings is 2. The van der Waals surface area contributed by atoms with E-state index in [0.29, 0.717) is 0 Å². The zero-order chi connectivity index (χ0) is 28.7. The Morgan fingerprint density at radius 2 is 0.889 bits per heavy atom. The average Bonchev–Trinajstić information content (AvgIpc) is 2.98. The van der Waals surface area contributed by atoms with E-state index in [9.17, 15) is 0 Å². The first-order chi connectivity index (χ1) is 19.5. The second kappa shape index (κ2) is 26.0. The van der Waals surface area contributed by atoms with E-state index in [0.717, 1.165) is 87.9 Å². The Labute approximate surface area is 296 Å². The number of rotatable bonds is 14. The molecule has 0 bridgehead atoms. The maximum atomic E-state index is 4.67. The molecule has 0 aliphatic heterocycles. The fraction of sp³-hybridized carbons (Fsp3) is 0.471. The van der Waals surface area contributed by atoms with Gasteiger partial charge in [0.2, 0.25) is 0 Å². The molecule has 0 atom stereocenters. The van der Waals surface area contributed by atoms with Gasteiger partial charge in [0.15, 0.2) is 0 Å². The van der Waals surface area contributed by atoms with Crippen LogP contribution in [-0.4, -0.2) is 77.6 Å². The van der Waals surface area contributed by atoms with Gasteiger partial charge in [0.1, 0.15) is 11.6 Å². The van der Waals surface area contributed by atoms with Gasteiger partial charge in [-0.2, -0.15) is 0 Å². The first-order valence-corrected chi connectivity index (χ1v) is 15.1. The minimum absolute atomic E-state index is 0. The van der Waals surface area contributed by atoms with Crippen LogP contribution in [0.25, 0.3) is 21.8 Å². The second-order valence-corrected chi connectivity index (χ2v) is 10.3. The molecule has 4 rings (SSSR count). The lowest BCUT2D eigenvalue weighted by Crippen LogP contribution is -2.25. The van der Waals surface area contributed by atoms with Crippen molar-refractivity contribution in [3.63, 3.8) is 0 Å². The molecule has 0 radical (unpaired) electrons. The smallest absolute Gasteiger partial charge is 0.126 e. The molecule has 0 aliphatic rings. The van der Waals surface area contributed by atoms with Crippen molar-refractivity contribution in [2.24, 2.45) is 0 Å². The molecule has 7 nitrogen and oxygen atoms in total. The van der Waals surface area contributed by atoms with Crippen LogP contribution in [0.3, 0.4) is 0 Å². The topological polar surface area (TPSA) is 87.8 Å². The summed E-state index contributed by atoms with van der Waals surface area (Å²) in [7, 11) is 0. The summed E-state index contributed by atoms with van der Waals surface area (Å²) in [5.74, 6) is 1.97. The third kappa shape index (κ3) is 15.4. The van der Waals surface area contributed by atoms with Gasteiger partial charge < -0.3 is 25.9 Å². The molecule has 2 aromatic heterocycles. The van der Waals surface area contributed by atoms with Crippen LogP contribution in [0.4, 0.5) is 11.6 Å². The molecule has 2 heterocycles. The normalized spacial score (nSPS) is 9.96. The van der Waals surface area contributed by atoms with E-state index in [1.54, 1.807) is 0 Å². The summed E-state index contributed by atoms with van der Waals surface area (Å²) in [5, 5.41) is 9.36. The summed E-state index contributed by atoms with van der Waals surface area (Å²) in [6, 6.07) is 20.9. The Kier molecular flexibility index (Phi) is 27.4. The minimum Gasteiger partial charge on any atom is -0.412 e. The van der Waals surface area contributed by atoms with Crippen LogP contribution < -0.4 is 10.6 Å². The number of aryl methyl sites for hydroxylation is 2. The highest BCUT2D eigenvalue weighted by Gasteiger charge is 2.04. The Morgan fingerprint density at radius 1 is 0.556 bits per heavy atom. The maximum Gasteiger partial charge on any atom is 0.126 e. The van der Waals surface area contributed by atoms with Crippen molar-refractivity contribution in [3.05, 3.63) is 71.8 Å². The van der Waals surface area contributed by atoms with E-state index in [-0.39, 0.29) is 55.1 Å². The summed E-state index contributed by atoms with van der Waals surface area (Å²) >= 11 is 0. The summed E-state index contributed by atoms with van der Waals surface area (Å²) in [6.07, 6.45) is 2.30. The van der Waals surface area contributed by atoms with Gasteiger partial charge in [-0.25, -0.2) is 9.97 Å². The molecule has 256 valence electrons. The van der Waals surface area contributed by atoms with E-state index in [2.05, 4.69) is 120 Å². The molecule has 2 aromatic carbocycles. The van der Waals surface area contributed by atoms with Crippen LogP contribution in [0.2, 0.25) is 0 Å². The number of nitrogens with one attached hydrogen (secondary N) is 2. The van der Waals surface area contributed by atoms with Gasteiger partial charge in [0.05, 0.1) is 11.0 Å². The molecule has 0 unspecified atom stereocenters. The highest BCUT2D eigenvalue weighted by Crippen LogP contribution is 2.20. The zero-order valence-electron chi connectivity index (χ0n) is 27.8. The maximum absolute atomic E-state index is 4.67. The van der Waals surface area contributed by atoms with Crippen molar-refractivity contribution in [1.29, 1.82) is 0 Å². The summed E-state index contributed by atoms with van der Waals surface area (Å²) in [5.41, 5.74) is 4.70. The van der Waals surface area contributed by atoms with E-state index in [1.807, 2.05) is 12.1 Å². The number of aromatic nitrogens is 2. The first-order valence-electron chi connectivity index (χ1n) is 15.1. The number of halogens is 4. The average molecular weight is 707 g/mol. The molecule has 0 amide bonds. The van der Waals surface area contributed by atoms with Crippen molar-refractivity contribution >= 4 is 83.1 Å². The quantitative estimate of drug-likeness (QED) is 0.129. The highest BCUT2D eigenvalue weighted by molar-refractivity contribution is 5.86. The molecule has 4 aromatic rings. The molecule has 45 heavy (non-hydrogen) atoms. The molecule has 0 spiro atoms. The van der Waals surface area contributed by atoms with Crippen LogP contribution in [0.15, 0.2) is 60.7 Å². The van der Waals surface area contributed by atoms with Crippen LogP contribution in [0, 0.1) is 13.8 Å². The molecule has 0 fully saturated rings. The summed E-state index contributed by atoms with van der Waals surface area (Å²) in [6.45, 7) is 21.9. The predicted molar refractivity (Wildman–Crippen MR) is 207 cm³/mol. The minimum atomic E-state index is 0. The Balaban J connectivity index is -0.000000706. The van der Waals surface area contributed by atoms with Gasteiger partial charge in [-0.15, -0.1) is 49.6 Å². The van der Waals surface area contributed by atoms with Crippen LogP contribution in [0.5, 0.6) is 0 Å². The lowest BCUT2D eigenvalue weighted by molar-refractivity contribution is 0.303. The summed E-state index contributed by atoms with van der Waals surface area (Å²) in [4.78, 5) is 14.2. The van der Waals surface area contributed by atoms with E-state index >= 15 is 0 Å². The van der Waals surface area contributed by atoms with Gasteiger partial charge in [0.25, 0.3) is 0 Å². The standard InChI is InChI=1S/2C17H25N3.4ClH.H2O/c2*1-4-20(5-2)12-8-11-18-17-13-14(3)15-9-6-7-10-16(15)19-17;;;;;/h2*6-7,9-10,13H,4-5,8,11-12H2,1-3H3,(H,18,19);4*1H;1H2. The first kappa shape index (κ1) is 47.3.